The van der Waals surface area contributed by atoms with Crippen LogP contribution in [0.1, 0.15) is 30.1 Å². The summed E-state index contributed by atoms with van der Waals surface area (Å²) in [7, 11) is 0. The maximum absolute atomic E-state index is 12.0. The lowest BCUT2D eigenvalue weighted by atomic mass is 10.1. The van der Waals surface area contributed by atoms with E-state index >= 15 is 0 Å². The number of carbonyl (C=O) groups excluding carboxylic acids is 1. The fourth-order valence-corrected chi connectivity index (χ4v) is 1.88. The van der Waals surface area contributed by atoms with E-state index in [1.807, 2.05) is 6.92 Å². The molecule has 98 valence electrons. The van der Waals surface area contributed by atoms with E-state index in [1.165, 1.54) is 18.2 Å². The first-order valence-electron chi connectivity index (χ1n) is 5.54. The number of benzene rings is 1. The Labute approximate surface area is 116 Å². The van der Waals surface area contributed by atoms with Gasteiger partial charge in [0.25, 0.3) is 5.91 Å². The Morgan fingerprint density at radius 2 is 2.28 bits per heavy atom. The van der Waals surface area contributed by atoms with E-state index in [2.05, 4.69) is 5.32 Å². The molecule has 0 heterocycles. The summed E-state index contributed by atoms with van der Waals surface area (Å²) in [5.74, 6) is -0.422. The van der Waals surface area contributed by atoms with Gasteiger partial charge in [-0.1, -0.05) is 37.2 Å². The quantitative estimate of drug-likeness (QED) is 0.726. The third-order valence-electron chi connectivity index (χ3n) is 2.42. The molecule has 1 amide bonds. The molecule has 1 rings (SSSR count). The van der Waals surface area contributed by atoms with Gasteiger partial charge in [-0.3, -0.25) is 4.79 Å². The Bertz CT molecular complexity index is 465. The number of amides is 1. The summed E-state index contributed by atoms with van der Waals surface area (Å²) in [6.07, 6.45) is 1.51. The van der Waals surface area contributed by atoms with Gasteiger partial charge in [0.15, 0.2) is 0 Å². The second-order valence-electron chi connectivity index (χ2n) is 3.88. The molecular weight excluding hydrogens is 272 g/mol. The van der Waals surface area contributed by atoms with Gasteiger partial charge in [-0.15, -0.1) is 0 Å². The normalized spacial score (nSPS) is 11.9. The van der Waals surface area contributed by atoms with E-state index in [1.54, 1.807) is 0 Å². The number of thiocarbonyl (C=S) groups is 1. The molecule has 18 heavy (non-hydrogen) atoms. The Balaban J connectivity index is 2.86. The molecule has 1 aromatic carbocycles. The number of hydrogen-bond donors (Lipinski definition) is 3. The smallest absolute Gasteiger partial charge is 0.253 e. The summed E-state index contributed by atoms with van der Waals surface area (Å²) in [6.45, 7) is 1.97. The minimum atomic E-state index is -0.401. The summed E-state index contributed by atoms with van der Waals surface area (Å²) in [6, 6.07) is 3.81. The van der Waals surface area contributed by atoms with Crippen LogP contribution in [0.2, 0.25) is 5.02 Å². The first kappa shape index (κ1) is 14.7. The summed E-state index contributed by atoms with van der Waals surface area (Å²) >= 11 is 10.8. The molecule has 0 saturated carbocycles. The third-order valence-corrected chi connectivity index (χ3v) is 3.03. The average Bonchev–Trinajstić information content (AvgIpc) is 2.31. The number of nitrogens with two attached hydrogens (primary N) is 1. The van der Waals surface area contributed by atoms with Crippen molar-refractivity contribution < 1.29 is 9.90 Å². The average molecular weight is 287 g/mol. The topological polar surface area (TPSA) is 75.3 Å². The van der Waals surface area contributed by atoms with E-state index in [-0.39, 0.29) is 27.4 Å². The Morgan fingerprint density at radius 1 is 1.61 bits per heavy atom. The second-order valence-corrected chi connectivity index (χ2v) is 4.76. The van der Waals surface area contributed by atoms with Crippen molar-refractivity contribution in [3.8, 4) is 5.75 Å². The lowest BCUT2D eigenvalue weighted by Crippen LogP contribution is -2.43. The van der Waals surface area contributed by atoms with Gasteiger partial charge in [0, 0.05) is 0 Å². The molecule has 6 heteroatoms. The predicted octanol–water partition coefficient (Wildman–Crippen LogP) is 2.23. The van der Waals surface area contributed by atoms with E-state index in [0.717, 1.165) is 6.42 Å². The Hall–Kier alpha value is -1.33. The number of phenols is 1. The molecular formula is C12H15ClN2O2S. The van der Waals surface area contributed by atoms with Crippen molar-refractivity contribution in [3.63, 3.8) is 0 Å². The molecule has 0 aromatic heterocycles. The number of nitrogens with one attached hydrogen (secondary N) is 1. The monoisotopic (exact) mass is 286 g/mol. The van der Waals surface area contributed by atoms with Crippen molar-refractivity contribution in [1.82, 2.24) is 5.32 Å². The highest BCUT2D eigenvalue weighted by Crippen LogP contribution is 2.21. The van der Waals surface area contributed by atoms with Crippen LogP contribution in [0, 0.1) is 0 Å². The number of hydrogen-bond acceptors (Lipinski definition) is 3. The van der Waals surface area contributed by atoms with Gasteiger partial charge < -0.3 is 16.2 Å². The van der Waals surface area contributed by atoms with Crippen LogP contribution in [0.15, 0.2) is 18.2 Å². The molecule has 0 aliphatic rings. The van der Waals surface area contributed by atoms with Crippen LogP contribution in [0.25, 0.3) is 0 Å². The summed E-state index contributed by atoms with van der Waals surface area (Å²) in [5, 5.41) is 12.3. The zero-order valence-corrected chi connectivity index (χ0v) is 11.5. The maximum atomic E-state index is 12.0. The van der Waals surface area contributed by atoms with Crippen LogP contribution >= 0.6 is 23.8 Å². The number of phenolic OH excluding ortho intramolecular Hbond substituents is 1. The zero-order valence-electron chi connectivity index (χ0n) is 9.94. The number of carbonyl (C=O) groups is 1. The van der Waals surface area contributed by atoms with Gasteiger partial charge in [0.1, 0.15) is 5.75 Å². The van der Waals surface area contributed by atoms with Gasteiger partial charge in [0.05, 0.1) is 21.6 Å². The molecule has 1 unspecified atom stereocenters. The van der Waals surface area contributed by atoms with Crippen molar-refractivity contribution in [1.29, 1.82) is 0 Å². The van der Waals surface area contributed by atoms with Gasteiger partial charge in [-0.2, -0.15) is 0 Å². The molecule has 0 aliphatic heterocycles. The van der Waals surface area contributed by atoms with Crippen LogP contribution < -0.4 is 11.1 Å². The molecule has 0 radical (unpaired) electrons. The standard InChI is InChI=1S/C12H15ClN2O2S/c1-2-3-10(11(14)18)15-12(17)8-6-7(16)4-5-9(8)13/h4-6,10,16H,2-3H2,1H3,(H2,14,18)(H,15,17). The van der Waals surface area contributed by atoms with Crippen molar-refractivity contribution in [2.45, 2.75) is 25.8 Å². The van der Waals surface area contributed by atoms with E-state index in [9.17, 15) is 9.90 Å². The van der Waals surface area contributed by atoms with Crippen LogP contribution in [0.4, 0.5) is 0 Å². The predicted molar refractivity (Wildman–Crippen MR) is 76.1 cm³/mol. The number of halogens is 1. The lowest BCUT2D eigenvalue weighted by Gasteiger charge is -2.17. The minimum Gasteiger partial charge on any atom is -0.508 e. The maximum Gasteiger partial charge on any atom is 0.253 e. The molecule has 4 nitrogen and oxygen atoms in total. The minimum absolute atomic E-state index is 0.0214. The van der Waals surface area contributed by atoms with Crippen LogP contribution in [0.5, 0.6) is 5.75 Å². The highest BCUT2D eigenvalue weighted by Gasteiger charge is 2.17. The molecule has 0 fully saturated rings. The Kier molecular flexibility index (Phi) is 5.37. The second kappa shape index (κ2) is 6.56. The molecule has 1 atom stereocenters. The first-order chi connectivity index (χ1) is 8.45. The third kappa shape index (κ3) is 3.85. The molecule has 0 aliphatic carbocycles. The first-order valence-corrected chi connectivity index (χ1v) is 6.33. The van der Waals surface area contributed by atoms with Crippen molar-refractivity contribution >= 4 is 34.7 Å². The fourth-order valence-electron chi connectivity index (χ4n) is 1.50. The molecule has 0 saturated heterocycles. The van der Waals surface area contributed by atoms with Crippen LogP contribution in [0.3, 0.4) is 0 Å². The van der Waals surface area contributed by atoms with Crippen LogP contribution in [-0.2, 0) is 0 Å². The number of aromatic hydroxyl groups is 1. The van der Waals surface area contributed by atoms with Crippen molar-refractivity contribution in [2.75, 3.05) is 0 Å². The summed E-state index contributed by atoms with van der Waals surface area (Å²) in [5.41, 5.74) is 5.75. The number of rotatable bonds is 5. The van der Waals surface area contributed by atoms with Gasteiger partial charge >= 0.3 is 0 Å². The zero-order chi connectivity index (χ0) is 13.7. The molecule has 0 spiro atoms. The van der Waals surface area contributed by atoms with Crippen molar-refractivity contribution in [3.05, 3.63) is 28.8 Å². The van der Waals surface area contributed by atoms with Crippen molar-refractivity contribution in [2.24, 2.45) is 5.73 Å². The van der Waals surface area contributed by atoms with Gasteiger partial charge in [0.2, 0.25) is 0 Å². The Morgan fingerprint density at radius 3 is 2.83 bits per heavy atom. The molecule has 0 bridgehead atoms. The van der Waals surface area contributed by atoms with Gasteiger partial charge in [-0.05, 0) is 24.6 Å². The van der Waals surface area contributed by atoms with E-state index in [0.29, 0.717) is 6.42 Å². The van der Waals surface area contributed by atoms with Gasteiger partial charge in [-0.25, -0.2) is 0 Å². The summed E-state index contributed by atoms with van der Waals surface area (Å²) < 4.78 is 0. The summed E-state index contributed by atoms with van der Waals surface area (Å²) in [4.78, 5) is 12.2. The van der Waals surface area contributed by atoms with Crippen LogP contribution in [-0.4, -0.2) is 22.0 Å². The largest absolute Gasteiger partial charge is 0.508 e. The van der Waals surface area contributed by atoms with E-state index in [4.69, 9.17) is 29.6 Å². The highest BCUT2D eigenvalue weighted by molar-refractivity contribution is 7.80. The van der Waals surface area contributed by atoms with E-state index < -0.39 is 5.91 Å². The molecule has 4 N–H and O–H groups in total. The molecule has 1 aromatic rings. The highest BCUT2D eigenvalue weighted by atomic mass is 35.5. The SMILES string of the molecule is CCCC(NC(=O)c1cc(O)ccc1Cl)C(N)=S. The fraction of sp³-hybridized carbons (Fsp3) is 0.333. The lowest BCUT2D eigenvalue weighted by molar-refractivity contribution is 0.0945.